The smallest absolute Gasteiger partial charge is 0.416 e. The number of carboxylic acid groups (broad SMARTS) is 1. The zero-order valence-corrected chi connectivity index (χ0v) is 20.4. The second-order valence-corrected chi connectivity index (χ2v) is 7.42. The van der Waals surface area contributed by atoms with Crippen LogP contribution >= 0.6 is 11.8 Å². The van der Waals surface area contributed by atoms with E-state index in [0.29, 0.717) is 23.9 Å². The summed E-state index contributed by atoms with van der Waals surface area (Å²) in [5.41, 5.74) is 0.0909. The van der Waals surface area contributed by atoms with Crippen molar-refractivity contribution in [1.29, 1.82) is 0 Å². The standard InChI is InChI=1S/C21H23F3O5S.Na/c1-3-27-17(11-28-16-6-4-15(5-7-16)21(22,23)24)13-30-18-8-9-19(14(2)10-18)29-12-20(25)26;/h4-10,17H,3,11-13H2,1-2H3,(H,25,26);/t17-;/m1./s1. The second kappa shape index (κ2) is 13.2. The Hall–Kier alpha value is -1.39. The maximum atomic E-state index is 12.6. The minimum Gasteiger partial charge on any atom is -0.491 e. The molecule has 0 amide bonds. The van der Waals surface area contributed by atoms with Gasteiger partial charge in [-0.05, 0) is 61.9 Å². The molecule has 1 radical (unpaired) electrons. The van der Waals surface area contributed by atoms with Crippen LogP contribution in [0.4, 0.5) is 13.2 Å². The van der Waals surface area contributed by atoms with Crippen LogP contribution < -0.4 is 9.47 Å². The topological polar surface area (TPSA) is 65.0 Å². The van der Waals surface area contributed by atoms with Crippen LogP contribution in [0.2, 0.25) is 0 Å². The van der Waals surface area contributed by atoms with Gasteiger partial charge >= 0.3 is 12.1 Å². The van der Waals surface area contributed by atoms with Gasteiger partial charge in [-0.1, -0.05) is 0 Å². The van der Waals surface area contributed by atoms with Crippen molar-refractivity contribution in [3.8, 4) is 11.5 Å². The minimum atomic E-state index is -4.38. The zero-order valence-electron chi connectivity index (χ0n) is 17.6. The number of hydrogen-bond donors (Lipinski definition) is 1. The fraction of sp³-hybridized carbons (Fsp3) is 0.381. The van der Waals surface area contributed by atoms with Crippen LogP contribution in [0.1, 0.15) is 18.1 Å². The van der Waals surface area contributed by atoms with Crippen molar-refractivity contribution in [2.75, 3.05) is 25.6 Å². The molecule has 5 nitrogen and oxygen atoms in total. The van der Waals surface area contributed by atoms with Crippen LogP contribution in [0.5, 0.6) is 11.5 Å². The molecule has 0 bridgehead atoms. The van der Waals surface area contributed by atoms with Crippen LogP contribution in [-0.4, -0.2) is 72.3 Å². The monoisotopic (exact) mass is 467 g/mol. The Morgan fingerprint density at radius 1 is 1.13 bits per heavy atom. The molecule has 0 aliphatic heterocycles. The maximum Gasteiger partial charge on any atom is 0.416 e. The molecule has 0 aliphatic carbocycles. The molecule has 1 atom stereocenters. The Morgan fingerprint density at radius 3 is 2.35 bits per heavy atom. The van der Waals surface area contributed by atoms with Gasteiger partial charge < -0.3 is 19.3 Å². The number of aryl methyl sites for hydroxylation is 1. The molecule has 0 saturated carbocycles. The van der Waals surface area contributed by atoms with Crippen LogP contribution in [0.3, 0.4) is 0 Å². The molecule has 31 heavy (non-hydrogen) atoms. The Bertz CT molecular complexity index is 831. The molecule has 2 rings (SSSR count). The van der Waals surface area contributed by atoms with Crippen LogP contribution in [0.15, 0.2) is 47.4 Å². The summed E-state index contributed by atoms with van der Waals surface area (Å²) in [5, 5.41) is 8.69. The molecular weight excluding hydrogens is 444 g/mol. The summed E-state index contributed by atoms with van der Waals surface area (Å²) in [7, 11) is 0. The Morgan fingerprint density at radius 2 is 1.81 bits per heavy atom. The largest absolute Gasteiger partial charge is 0.491 e. The van der Waals surface area contributed by atoms with E-state index in [1.807, 2.05) is 26.0 Å². The molecule has 0 spiro atoms. The Labute approximate surface area is 205 Å². The van der Waals surface area contributed by atoms with E-state index in [0.717, 1.165) is 22.6 Å². The quantitative estimate of drug-likeness (QED) is 0.383. The molecule has 0 aliphatic rings. The number of ether oxygens (including phenoxy) is 3. The number of thioether (sulfide) groups is 1. The maximum absolute atomic E-state index is 12.6. The number of aliphatic carboxylic acids is 1. The Balaban J connectivity index is 0.00000480. The molecule has 2 aromatic carbocycles. The van der Waals surface area contributed by atoms with Crippen molar-refractivity contribution in [3.05, 3.63) is 53.6 Å². The van der Waals surface area contributed by atoms with Gasteiger partial charge in [0.2, 0.25) is 0 Å². The van der Waals surface area contributed by atoms with E-state index in [1.54, 1.807) is 6.07 Å². The number of hydrogen-bond acceptors (Lipinski definition) is 5. The molecule has 0 unspecified atom stereocenters. The van der Waals surface area contributed by atoms with E-state index in [2.05, 4.69) is 0 Å². The van der Waals surface area contributed by atoms with E-state index < -0.39 is 24.3 Å². The average molecular weight is 467 g/mol. The first kappa shape index (κ1) is 27.6. The first-order chi connectivity index (χ1) is 14.2. The van der Waals surface area contributed by atoms with E-state index in [4.69, 9.17) is 19.3 Å². The molecule has 0 fully saturated rings. The summed E-state index contributed by atoms with van der Waals surface area (Å²) < 4.78 is 54.4. The van der Waals surface area contributed by atoms with Gasteiger partial charge in [0.05, 0.1) is 5.56 Å². The third kappa shape index (κ3) is 9.74. The molecule has 0 heterocycles. The third-order valence-corrected chi connectivity index (χ3v) is 5.08. The Kier molecular flexibility index (Phi) is 11.8. The van der Waals surface area contributed by atoms with Gasteiger partial charge in [-0.3, -0.25) is 0 Å². The average Bonchev–Trinajstić information content (AvgIpc) is 2.69. The van der Waals surface area contributed by atoms with Gasteiger partial charge in [0, 0.05) is 46.8 Å². The summed E-state index contributed by atoms with van der Waals surface area (Å²) in [6, 6.07) is 9.98. The van der Waals surface area contributed by atoms with Crippen molar-refractivity contribution in [1.82, 2.24) is 0 Å². The normalized spacial score (nSPS) is 12.0. The fourth-order valence-corrected chi connectivity index (χ4v) is 3.51. The summed E-state index contributed by atoms with van der Waals surface area (Å²) >= 11 is 1.53. The van der Waals surface area contributed by atoms with Crippen LogP contribution in [0.25, 0.3) is 0 Å². The number of benzene rings is 2. The number of halogens is 3. The summed E-state index contributed by atoms with van der Waals surface area (Å²) in [4.78, 5) is 11.6. The molecule has 2 aromatic rings. The molecular formula is C21H23F3NaO5S. The molecule has 0 saturated heterocycles. The van der Waals surface area contributed by atoms with Crippen LogP contribution in [0, 0.1) is 6.92 Å². The van der Waals surface area contributed by atoms with E-state index in [9.17, 15) is 18.0 Å². The number of carbonyl (C=O) groups is 1. The third-order valence-electron chi connectivity index (χ3n) is 3.95. The van der Waals surface area contributed by atoms with E-state index in [1.165, 1.54) is 23.9 Å². The zero-order chi connectivity index (χ0) is 22.1. The molecule has 1 N–H and O–H groups in total. The summed E-state index contributed by atoms with van der Waals surface area (Å²) in [6.07, 6.45) is -4.64. The van der Waals surface area contributed by atoms with Crippen molar-refractivity contribution in [2.24, 2.45) is 0 Å². The summed E-state index contributed by atoms with van der Waals surface area (Å²) in [6.45, 7) is 3.96. The number of carboxylic acids is 1. The van der Waals surface area contributed by atoms with Crippen LogP contribution in [-0.2, 0) is 15.7 Å². The van der Waals surface area contributed by atoms with Crippen molar-refractivity contribution in [3.63, 3.8) is 0 Å². The molecule has 10 heteroatoms. The SMILES string of the molecule is CCO[C@H](COc1ccc(C(F)(F)F)cc1)CSc1ccc(OCC(=O)O)c(C)c1.[Na]. The van der Waals surface area contributed by atoms with Gasteiger partial charge in [0.1, 0.15) is 24.2 Å². The van der Waals surface area contributed by atoms with Gasteiger partial charge in [0.15, 0.2) is 6.61 Å². The molecule has 0 aromatic heterocycles. The van der Waals surface area contributed by atoms with Crippen molar-refractivity contribution in [2.45, 2.75) is 31.0 Å². The predicted molar refractivity (Wildman–Crippen MR) is 113 cm³/mol. The van der Waals surface area contributed by atoms with E-state index in [-0.39, 0.29) is 42.3 Å². The van der Waals surface area contributed by atoms with Gasteiger partial charge in [0.25, 0.3) is 0 Å². The van der Waals surface area contributed by atoms with Crippen molar-refractivity contribution < 1.29 is 37.3 Å². The van der Waals surface area contributed by atoms with Gasteiger partial charge in [-0.15, -0.1) is 11.8 Å². The predicted octanol–water partition coefficient (Wildman–Crippen LogP) is 4.67. The van der Waals surface area contributed by atoms with Gasteiger partial charge in [-0.25, -0.2) is 4.79 Å². The fourth-order valence-electron chi connectivity index (χ4n) is 2.51. The first-order valence-electron chi connectivity index (χ1n) is 9.18. The molecule has 165 valence electrons. The van der Waals surface area contributed by atoms with E-state index >= 15 is 0 Å². The first-order valence-corrected chi connectivity index (χ1v) is 10.2. The number of alkyl halides is 3. The van der Waals surface area contributed by atoms with Gasteiger partial charge in [-0.2, -0.15) is 13.2 Å². The second-order valence-electron chi connectivity index (χ2n) is 6.33. The minimum absolute atomic E-state index is 0. The number of rotatable bonds is 11. The summed E-state index contributed by atoms with van der Waals surface area (Å²) in [5.74, 6) is 0.381. The van der Waals surface area contributed by atoms with Crippen molar-refractivity contribution >= 4 is 47.3 Å².